The van der Waals surface area contributed by atoms with E-state index in [1.807, 2.05) is 13.0 Å². The zero-order valence-electron chi connectivity index (χ0n) is 15.9. The van der Waals surface area contributed by atoms with Crippen molar-refractivity contribution >= 4 is 39.4 Å². The number of rotatable bonds is 6. The van der Waals surface area contributed by atoms with Crippen LogP contribution in [0.15, 0.2) is 41.1 Å². The zero-order chi connectivity index (χ0) is 21.3. The van der Waals surface area contributed by atoms with Gasteiger partial charge in [0.05, 0.1) is 28.6 Å². The summed E-state index contributed by atoms with van der Waals surface area (Å²) in [5.74, 6) is 0.671. The molecule has 1 aromatic heterocycles. The number of halogens is 3. The lowest BCUT2D eigenvalue weighted by atomic mass is 10.0. The van der Waals surface area contributed by atoms with Gasteiger partial charge in [-0.2, -0.15) is 10.1 Å². The molecule has 1 aliphatic rings. The Hall–Kier alpha value is -2.65. The van der Waals surface area contributed by atoms with E-state index in [0.717, 1.165) is 5.56 Å². The molecule has 0 bridgehead atoms. The van der Waals surface area contributed by atoms with Crippen molar-refractivity contribution in [3.63, 3.8) is 0 Å². The molecule has 1 atom stereocenters. The number of aromatic nitrogens is 3. The first-order valence-electron chi connectivity index (χ1n) is 9.19. The molecule has 1 aliphatic heterocycles. The van der Waals surface area contributed by atoms with Crippen LogP contribution in [0.3, 0.4) is 0 Å². The molecule has 0 fully saturated rings. The molecule has 0 radical (unpaired) electrons. The number of hydrogen-bond acceptors (Lipinski definition) is 5. The Morgan fingerprint density at radius 1 is 1.37 bits per heavy atom. The standard InChI is InChI=1S/C20H17BrClFN4O3/c1-2-29-17-7-11(16-8-18(28)26-20-24-10-25-27(16)20)6-13(21)19(17)30-9-12-14(22)4-3-5-15(12)23/h3-7,10,16H,2,8-9H2,1H3,(H,24,25,26,28)/t16-/m0/s1. The van der Waals surface area contributed by atoms with Crippen molar-refractivity contribution < 1.29 is 18.7 Å². The zero-order valence-corrected chi connectivity index (χ0v) is 18.2. The molecule has 0 saturated carbocycles. The molecule has 10 heteroatoms. The van der Waals surface area contributed by atoms with Gasteiger partial charge in [0.1, 0.15) is 18.8 Å². The minimum Gasteiger partial charge on any atom is -0.490 e. The predicted molar refractivity (Wildman–Crippen MR) is 112 cm³/mol. The van der Waals surface area contributed by atoms with Crippen LogP contribution in [0.4, 0.5) is 10.3 Å². The van der Waals surface area contributed by atoms with E-state index in [2.05, 4.69) is 31.3 Å². The van der Waals surface area contributed by atoms with Crippen molar-refractivity contribution in [1.29, 1.82) is 0 Å². The van der Waals surface area contributed by atoms with Crippen LogP contribution in [0.25, 0.3) is 0 Å². The molecule has 0 unspecified atom stereocenters. The highest BCUT2D eigenvalue weighted by molar-refractivity contribution is 9.10. The number of nitrogens with one attached hydrogen (secondary N) is 1. The number of hydrogen-bond donors (Lipinski definition) is 1. The summed E-state index contributed by atoms with van der Waals surface area (Å²) in [6.07, 6.45) is 1.60. The Labute approximate surface area is 185 Å². The molecule has 2 aromatic carbocycles. The van der Waals surface area contributed by atoms with Gasteiger partial charge in [0.2, 0.25) is 11.9 Å². The third kappa shape index (κ3) is 3.99. The van der Waals surface area contributed by atoms with E-state index in [0.29, 0.717) is 28.5 Å². The summed E-state index contributed by atoms with van der Waals surface area (Å²) < 4.78 is 28.0. The molecule has 7 nitrogen and oxygen atoms in total. The Kier molecular flexibility index (Phi) is 5.92. The molecule has 2 heterocycles. The van der Waals surface area contributed by atoms with Crippen molar-refractivity contribution in [2.24, 2.45) is 0 Å². The van der Waals surface area contributed by atoms with Crippen LogP contribution in [0, 0.1) is 5.82 Å². The van der Waals surface area contributed by atoms with Gasteiger partial charge in [0, 0.05) is 5.56 Å². The molecule has 156 valence electrons. The second kappa shape index (κ2) is 8.61. The lowest BCUT2D eigenvalue weighted by Crippen LogP contribution is -2.29. The number of benzene rings is 2. The van der Waals surface area contributed by atoms with Gasteiger partial charge in [-0.1, -0.05) is 17.7 Å². The van der Waals surface area contributed by atoms with E-state index in [9.17, 15) is 9.18 Å². The van der Waals surface area contributed by atoms with Crippen molar-refractivity contribution in [3.05, 3.63) is 63.1 Å². The van der Waals surface area contributed by atoms with Crippen LogP contribution in [0.5, 0.6) is 11.5 Å². The second-order valence-corrected chi connectivity index (χ2v) is 7.81. The van der Waals surface area contributed by atoms with Crippen molar-refractivity contribution in [1.82, 2.24) is 14.8 Å². The van der Waals surface area contributed by atoms with Crippen LogP contribution < -0.4 is 14.8 Å². The number of amides is 1. The first-order chi connectivity index (χ1) is 14.5. The SMILES string of the molecule is CCOc1cc([C@@H]2CC(=O)Nc3ncnn32)cc(Br)c1OCc1c(F)cccc1Cl. The molecule has 3 aromatic rings. The summed E-state index contributed by atoms with van der Waals surface area (Å²) in [5, 5.41) is 7.19. The second-order valence-electron chi connectivity index (χ2n) is 6.55. The van der Waals surface area contributed by atoms with Crippen LogP contribution in [0.2, 0.25) is 5.02 Å². The van der Waals surface area contributed by atoms with E-state index >= 15 is 0 Å². The fourth-order valence-electron chi connectivity index (χ4n) is 3.26. The van der Waals surface area contributed by atoms with Crippen LogP contribution >= 0.6 is 27.5 Å². The highest BCUT2D eigenvalue weighted by Gasteiger charge is 2.29. The highest BCUT2D eigenvalue weighted by Crippen LogP contribution is 2.41. The summed E-state index contributed by atoms with van der Waals surface area (Å²) in [7, 11) is 0. The predicted octanol–water partition coefficient (Wildman–Crippen LogP) is 4.74. The first kappa shape index (κ1) is 20.6. The minimum atomic E-state index is -0.444. The van der Waals surface area contributed by atoms with Gasteiger partial charge >= 0.3 is 0 Å². The fraction of sp³-hybridized carbons (Fsp3) is 0.250. The van der Waals surface area contributed by atoms with Crippen molar-refractivity contribution in [3.8, 4) is 11.5 Å². The van der Waals surface area contributed by atoms with E-state index in [1.54, 1.807) is 16.8 Å². The monoisotopic (exact) mass is 494 g/mol. The third-order valence-electron chi connectivity index (χ3n) is 4.64. The van der Waals surface area contributed by atoms with Gasteiger partial charge in [-0.3, -0.25) is 10.1 Å². The number of fused-ring (bicyclic) bond motifs is 1. The van der Waals surface area contributed by atoms with E-state index < -0.39 is 5.82 Å². The maximum absolute atomic E-state index is 14.1. The maximum atomic E-state index is 14.1. The molecular weight excluding hydrogens is 479 g/mol. The van der Waals surface area contributed by atoms with Gasteiger partial charge in [0.15, 0.2) is 11.5 Å². The molecule has 0 saturated heterocycles. The number of carbonyl (C=O) groups excluding carboxylic acids is 1. The van der Waals surface area contributed by atoms with Crippen LogP contribution in [0.1, 0.15) is 30.5 Å². The lowest BCUT2D eigenvalue weighted by molar-refractivity contribution is -0.117. The third-order valence-corrected chi connectivity index (χ3v) is 5.58. The topological polar surface area (TPSA) is 78.3 Å². The van der Waals surface area contributed by atoms with E-state index in [1.165, 1.54) is 18.5 Å². The number of carbonyl (C=O) groups is 1. The molecule has 0 spiro atoms. The lowest BCUT2D eigenvalue weighted by Gasteiger charge is -2.25. The normalized spacial score (nSPS) is 15.5. The Morgan fingerprint density at radius 2 is 2.20 bits per heavy atom. The molecule has 0 aliphatic carbocycles. The highest BCUT2D eigenvalue weighted by atomic mass is 79.9. The summed E-state index contributed by atoms with van der Waals surface area (Å²) >= 11 is 9.61. The van der Waals surface area contributed by atoms with Crippen LogP contribution in [-0.4, -0.2) is 27.3 Å². The number of nitrogens with zero attached hydrogens (tertiary/aromatic N) is 3. The molecule has 4 rings (SSSR count). The Bertz CT molecular complexity index is 1090. The van der Waals surface area contributed by atoms with Gasteiger partial charge in [-0.05, 0) is 52.7 Å². The van der Waals surface area contributed by atoms with Crippen LogP contribution in [-0.2, 0) is 11.4 Å². The summed E-state index contributed by atoms with van der Waals surface area (Å²) in [6.45, 7) is 2.18. The van der Waals surface area contributed by atoms with E-state index in [4.69, 9.17) is 21.1 Å². The summed E-state index contributed by atoms with van der Waals surface area (Å²) in [6, 6.07) is 7.75. The summed E-state index contributed by atoms with van der Waals surface area (Å²) in [4.78, 5) is 16.2. The van der Waals surface area contributed by atoms with Gasteiger partial charge in [0.25, 0.3) is 0 Å². The number of anilines is 1. The van der Waals surface area contributed by atoms with Crippen molar-refractivity contribution in [2.75, 3.05) is 11.9 Å². The van der Waals surface area contributed by atoms with E-state index in [-0.39, 0.29) is 35.6 Å². The van der Waals surface area contributed by atoms with Gasteiger partial charge in [-0.25, -0.2) is 9.07 Å². The Balaban J connectivity index is 1.68. The quantitative estimate of drug-likeness (QED) is 0.534. The van der Waals surface area contributed by atoms with Gasteiger partial charge in [-0.15, -0.1) is 0 Å². The average molecular weight is 496 g/mol. The molecular formula is C20H17BrClFN4O3. The largest absolute Gasteiger partial charge is 0.490 e. The van der Waals surface area contributed by atoms with Crippen molar-refractivity contribution in [2.45, 2.75) is 26.0 Å². The molecule has 1 amide bonds. The first-order valence-corrected chi connectivity index (χ1v) is 10.4. The number of ether oxygens (including phenoxy) is 2. The maximum Gasteiger partial charge on any atom is 0.229 e. The van der Waals surface area contributed by atoms with Gasteiger partial charge < -0.3 is 9.47 Å². The molecule has 30 heavy (non-hydrogen) atoms. The summed E-state index contributed by atoms with van der Waals surface area (Å²) in [5.41, 5.74) is 1.05. The fourth-order valence-corrected chi connectivity index (χ4v) is 4.05. The smallest absolute Gasteiger partial charge is 0.229 e. The average Bonchev–Trinajstić information content (AvgIpc) is 3.17. The molecule has 1 N–H and O–H groups in total. The minimum absolute atomic E-state index is 0.0669. The Morgan fingerprint density at radius 3 is 2.97 bits per heavy atom.